The van der Waals surface area contributed by atoms with Crippen molar-refractivity contribution in [3.05, 3.63) is 101 Å². The molecule has 1 amide bonds. The normalized spacial score (nSPS) is 19.1. The molecule has 0 spiro atoms. The first-order valence-corrected chi connectivity index (χ1v) is 13.5. The number of nitrogens with zero attached hydrogens (tertiary/aromatic N) is 2. The van der Waals surface area contributed by atoms with E-state index in [1.165, 1.54) is 0 Å². The second-order valence-corrected chi connectivity index (χ2v) is 9.87. The van der Waals surface area contributed by atoms with Gasteiger partial charge >= 0.3 is 0 Å². The Hall–Kier alpha value is -4.14. The summed E-state index contributed by atoms with van der Waals surface area (Å²) < 4.78 is 16.6. The van der Waals surface area contributed by atoms with Crippen LogP contribution in [0.1, 0.15) is 29.2 Å². The van der Waals surface area contributed by atoms with Crippen LogP contribution < -0.4 is 9.47 Å². The van der Waals surface area contributed by atoms with Gasteiger partial charge in [0.25, 0.3) is 11.7 Å². The maximum absolute atomic E-state index is 13.3. The average molecular weight is 543 g/mol. The van der Waals surface area contributed by atoms with Crippen LogP contribution in [0, 0.1) is 0 Å². The summed E-state index contributed by atoms with van der Waals surface area (Å²) in [5, 5.41) is 11.3. The number of carbonyl (C=O) groups excluding carboxylic acids is 2. The number of methoxy groups -OCH3 is 1. The van der Waals surface area contributed by atoms with E-state index in [1.54, 1.807) is 36.3 Å². The molecule has 3 aromatic carbocycles. The number of hydrogen-bond acceptors (Lipinski definition) is 7. The molecule has 0 radical (unpaired) electrons. The van der Waals surface area contributed by atoms with Gasteiger partial charge in [-0.15, -0.1) is 0 Å². The van der Waals surface area contributed by atoms with Gasteiger partial charge in [0.1, 0.15) is 23.9 Å². The van der Waals surface area contributed by atoms with E-state index in [4.69, 9.17) is 14.2 Å². The van der Waals surface area contributed by atoms with Gasteiger partial charge in [0.05, 0.1) is 31.9 Å². The van der Waals surface area contributed by atoms with Crippen LogP contribution in [0.2, 0.25) is 0 Å². The number of likely N-dealkylation sites (tertiary alicyclic amines) is 1. The molecule has 40 heavy (non-hydrogen) atoms. The smallest absolute Gasteiger partial charge is 0.295 e. The summed E-state index contributed by atoms with van der Waals surface area (Å²) in [5.74, 6) is -0.193. The van der Waals surface area contributed by atoms with Crippen LogP contribution >= 0.6 is 0 Å². The van der Waals surface area contributed by atoms with Gasteiger partial charge in [-0.05, 0) is 53.9 Å². The van der Waals surface area contributed by atoms with Gasteiger partial charge in [-0.3, -0.25) is 14.5 Å². The van der Waals surface area contributed by atoms with Crippen molar-refractivity contribution in [2.24, 2.45) is 0 Å². The summed E-state index contributed by atoms with van der Waals surface area (Å²) >= 11 is 0. The second kappa shape index (κ2) is 12.8. The van der Waals surface area contributed by atoms with E-state index < -0.39 is 17.7 Å². The first kappa shape index (κ1) is 27.4. The molecular formula is C32H34N2O6. The summed E-state index contributed by atoms with van der Waals surface area (Å²) in [7, 11) is 1.56. The van der Waals surface area contributed by atoms with E-state index in [0.717, 1.165) is 30.8 Å². The van der Waals surface area contributed by atoms with E-state index in [1.807, 2.05) is 54.6 Å². The Kier molecular flexibility index (Phi) is 8.78. The molecule has 1 unspecified atom stereocenters. The molecule has 0 aliphatic carbocycles. The van der Waals surface area contributed by atoms with E-state index >= 15 is 0 Å². The Labute approximate surface area is 234 Å². The standard InChI is InChI=1S/C32H34N2O6/c1-38-26-12-10-25(11-13-26)30(35)28-29(24-8-14-27(15-9-24)40-22-23-6-3-2-4-7-23)34(32(37)31(28)36)17-5-16-33-18-20-39-21-19-33/h2-4,6-15,29,35H,5,16-22H2,1H3/b30-28+. The van der Waals surface area contributed by atoms with Gasteiger partial charge in [-0.25, -0.2) is 0 Å². The van der Waals surface area contributed by atoms with Crippen molar-refractivity contribution in [2.45, 2.75) is 19.1 Å². The first-order valence-electron chi connectivity index (χ1n) is 13.5. The number of rotatable bonds is 10. The van der Waals surface area contributed by atoms with Crippen LogP contribution in [0.25, 0.3) is 5.76 Å². The molecule has 0 aromatic heterocycles. The third-order valence-corrected chi connectivity index (χ3v) is 7.32. The fraction of sp³-hybridized carbons (Fsp3) is 0.312. The minimum atomic E-state index is -0.713. The minimum Gasteiger partial charge on any atom is -0.507 e. The molecule has 0 saturated carbocycles. The lowest BCUT2D eigenvalue weighted by molar-refractivity contribution is -0.140. The number of amides is 1. The van der Waals surface area contributed by atoms with E-state index in [0.29, 0.717) is 49.8 Å². The van der Waals surface area contributed by atoms with Crippen molar-refractivity contribution in [3.63, 3.8) is 0 Å². The predicted octanol–water partition coefficient (Wildman–Crippen LogP) is 4.42. The molecule has 3 aromatic rings. The molecule has 8 nitrogen and oxygen atoms in total. The number of hydrogen-bond donors (Lipinski definition) is 1. The molecule has 2 fully saturated rings. The summed E-state index contributed by atoms with van der Waals surface area (Å²) in [6, 6.07) is 23.3. The first-order chi connectivity index (χ1) is 19.5. The van der Waals surface area contributed by atoms with Gasteiger partial charge < -0.3 is 24.2 Å². The topological polar surface area (TPSA) is 88.5 Å². The molecule has 0 bridgehead atoms. The monoisotopic (exact) mass is 542 g/mol. The number of carbonyl (C=O) groups is 2. The molecule has 2 heterocycles. The zero-order valence-electron chi connectivity index (χ0n) is 22.6. The van der Waals surface area contributed by atoms with Crippen molar-refractivity contribution in [1.82, 2.24) is 9.80 Å². The summed E-state index contributed by atoms with van der Waals surface area (Å²) in [4.78, 5) is 30.5. The van der Waals surface area contributed by atoms with Crippen molar-refractivity contribution in [2.75, 3.05) is 46.5 Å². The van der Waals surface area contributed by atoms with Gasteiger partial charge in [0.2, 0.25) is 0 Å². The van der Waals surface area contributed by atoms with Crippen LogP contribution in [0.5, 0.6) is 11.5 Å². The fourth-order valence-electron chi connectivity index (χ4n) is 5.14. The van der Waals surface area contributed by atoms with E-state index in [9.17, 15) is 14.7 Å². The molecular weight excluding hydrogens is 508 g/mol. The summed E-state index contributed by atoms with van der Waals surface area (Å²) in [6.45, 7) is 4.71. The zero-order valence-corrected chi connectivity index (χ0v) is 22.6. The number of ketones is 1. The van der Waals surface area contributed by atoms with Gasteiger partial charge in [-0.2, -0.15) is 0 Å². The molecule has 5 rings (SSSR count). The maximum Gasteiger partial charge on any atom is 0.295 e. The number of Topliss-reactive ketones (excluding diaryl/α,β-unsaturated/α-hetero) is 1. The van der Waals surface area contributed by atoms with Gasteiger partial charge in [0.15, 0.2) is 0 Å². The Bertz CT molecular complexity index is 1330. The Morgan fingerprint density at radius 2 is 1.57 bits per heavy atom. The molecule has 2 aliphatic rings. The van der Waals surface area contributed by atoms with E-state index in [-0.39, 0.29) is 11.3 Å². The van der Waals surface area contributed by atoms with Crippen LogP contribution in [0.4, 0.5) is 0 Å². The fourth-order valence-corrected chi connectivity index (χ4v) is 5.14. The number of benzene rings is 3. The highest BCUT2D eigenvalue weighted by Crippen LogP contribution is 2.40. The number of aliphatic hydroxyl groups excluding tert-OH is 1. The maximum atomic E-state index is 13.3. The highest BCUT2D eigenvalue weighted by atomic mass is 16.5. The van der Waals surface area contributed by atoms with Crippen molar-refractivity contribution < 1.29 is 28.9 Å². The molecule has 8 heteroatoms. The van der Waals surface area contributed by atoms with Crippen LogP contribution in [-0.2, 0) is 20.9 Å². The Morgan fingerprint density at radius 1 is 0.900 bits per heavy atom. The quantitative estimate of drug-likeness (QED) is 0.231. The molecule has 2 saturated heterocycles. The number of ether oxygens (including phenoxy) is 3. The third kappa shape index (κ3) is 6.19. The van der Waals surface area contributed by atoms with E-state index in [2.05, 4.69) is 4.90 Å². The Balaban J connectivity index is 1.41. The van der Waals surface area contributed by atoms with Gasteiger partial charge in [-0.1, -0.05) is 42.5 Å². The SMILES string of the molecule is COc1ccc(/C(O)=C2\C(=O)C(=O)N(CCCN3CCOCC3)C2c2ccc(OCc3ccccc3)cc2)cc1. The average Bonchev–Trinajstić information content (AvgIpc) is 3.26. The number of aliphatic hydroxyl groups is 1. The number of morpholine rings is 1. The highest BCUT2D eigenvalue weighted by molar-refractivity contribution is 6.46. The van der Waals surface area contributed by atoms with Crippen molar-refractivity contribution in [3.8, 4) is 11.5 Å². The molecule has 1 atom stereocenters. The Morgan fingerprint density at radius 3 is 2.25 bits per heavy atom. The molecule has 208 valence electrons. The zero-order chi connectivity index (χ0) is 27.9. The van der Waals surface area contributed by atoms with Crippen LogP contribution in [-0.4, -0.2) is 73.1 Å². The molecule has 2 aliphatic heterocycles. The predicted molar refractivity (Wildman–Crippen MR) is 151 cm³/mol. The third-order valence-electron chi connectivity index (χ3n) is 7.32. The second-order valence-electron chi connectivity index (χ2n) is 9.87. The van der Waals surface area contributed by atoms with Crippen LogP contribution in [0.3, 0.4) is 0 Å². The van der Waals surface area contributed by atoms with Crippen LogP contribution in [0.15, 0.2) is 84.4 Å². The van der Waals surface area contributed by atoms with Crippen molar-refractivity contribution >= 4 is 17.4 Å². The lowest BCUT2D eigenvalue weighted by Gasteiger charge is -2.29. The minimum absolute atomic E-state index is 0.0829. The van der Waals surface area contributed by atoms with Crippen molar-refractivity contribution in [1.29, 1.82) is 0 Å². The van der Waals surface area contributed by atoms with Gasteiger partial charge in [0, 0.05) is 31.7 Å². The molecule has 1 N–H and O–H groups in total. The lowest BCUT2D eigenvalue weighted by atomic mass is 9.95. The summed E-state index contributed by atoms with van der Waals surface area (Å²) in [5.41, 5.74) is 2.31. The largest absolute Gasteiger partial charge is 0.507 e. The lowest BCUT2D eigenvalue weighted by Crippen LogP contribution is -2.38. The summed E-state index contributed by atoms with van der Waals surface area (Å²) in [6.07, 6.45) is 0.699. The highest BCUT2D eigenvalue weighted by Gasteiger charge is 2.45.